The van der Waals surface area contributed by atoms with Crippen molar-refractivity contribution in [2.24, 2.45) is 7.05 Å². The van der Waals surface area contributed by atoms with E-state index in [1.807, 2.05) is 0 Å². The van der Waals surface area contributed by atoms with Crippen LogP contribution in [0.3, 0.4) is 0 Å². The molecule has 1 atom stereocenters. The molecular formula is C14H13ClF3N3OS. The highest BCUT2D eigenvalue weighted by Crippen LogP contribution is 2.34. The van der Waals surface area contributed by atoms with E-state index in [1.165, 1.54) is 11.8 Å². The fourth-order valence-electron chi connectivity index (χ4n) is 1.71. The monoisotopic (exact) mass is 363 g/mol. The van der Waals surface area contributed by atoms with Crippen molar-refractivity contribution in [1.82, 2.24) is 9.55 Å². The first kappa shape index (κ1) is 17.7. The summed E-state index contributed by atoms with van der Waals surface area (Å²) in [4.78, 5) is 16.2. The molecule has 0 bridgehead atoms. The number of imidazole rings is 1. The average molecular weight is 364 g/mol. The second-order valence-corrected chi connectivity index (χ2v) is 6.48. The van der Waals surface area contributed by atoms with Gasteiger partial charge in [-0.1, -0.05) is 23.4 Å². The molecule has 0 saturated carbocycles. The smallest absolute Gasteiger partial charge is 0.329 e. The molecular weight excluding hydrogens is 351 g/mol. The van der Waals surface area contributed by atoms with E-state index in [0.29, 0.717) is 5.16 Å². The van der Waals surface area contributed by atoms with Gasteiger partial charge in [-0.05, 0) is 25.1 Å². The van der Waals surface area contributed by atoms with Crippen LogP contribution in [0.1, 0.15) is 12.5 Å². The topological polar surface area (TPSA) is 46.9 Å². The van der Waals surface area contributed by atoms with Crippen molar-refractivity contribution in [3.05, 3.63) is 41.2 Å². The zero-order chi connectivity index (χ0) is 17.2. The number of hydrogen-bond acceptors (Lipinski definition) is 3. The fraction of sp³-hybridized carbons (Fsp3) is 0.286. The fourth-order valence-corrected chi connectivity index (χ4v) is 2.70. The van der Waals surface area contributed by atoms with Crippen LogP contribution in [0.2, 0.25) is 5.02 Å². The van der Waals surface area contributed by atoms with Gasteiger partial charge in [-0.2, -0.15) is 13.2 Å². The molecule has 0 saturated heterocycles. The standard InChI is InChI=1S/C14H13ClF3N3OS/c1-8(23-13-19-5-6-21(13)2)12(22)20-11-7-9(14(16,17)18)3-4-10(11)15/h3-8H,1-2H3,(H,20,22)/t8-/m1/s1. The van der Waals surface area contributed by atoms with Crippen LogP contribution < -0.4 is 5.32 Å². The summed E-state index contributed by atoms with van der Waals surface area (Å²) in [7, 11) is 1.78. The number of aryl methyl sites for hydroxylation is 1. The van der Waals surface area contributed by atoms with Crippen molar-refractivity contribution in [2.75, 3.05) is 5.32 Å². The molecule has 1 aromatic heterocycles. The quantitative estimate of drug-likeness (QED) is 0.828. The molecule has 0 spiro atoms. The van der Waals surface area contributed by atoms with E-state index in [-0.39, 0.29) is 10.7 Å². The maximum atomic E-state index is 12.7. The maximum Gasteiger partial charge on any atom is 0.416 e. The predicted molar refractivity (Wildman–Crippen MR) is 83.6 cm³/mol. The highest BCUT2D eigenvalue weighted by atomic mass is 35.5. The van der Waals surface area contributed by atoms with Crippen LogP contribution in [0.5, 0.6) is 0 Å². The SMILES string of the molecule is C[C@@H](Sc1nccn1C)C(=O)Nc1cc(C(F)(F)F)ccc1Cl. The number of hydrogen-bond donors (Lipinski definition) is 1. The Morgan fingerprint density at radius 2 is 2.13 bits per heavy atom. The lowest BCUT2D eigenvalue weighted by atomic mass is 10.2. The molecule has 1 heterocycles. The van der Waals surface area contributed by atoms with Crippen LogP contribution in [-0.4, -0.2) is 20.7 Å². The molecule has 9 heteroatoms. The third-order valence-electron chi connectivity index (χ3n) is 2.98. The first-order valence-corrected chi connectivity index (χ1v) is 7.76. The van der Waals surface area contributed by atoms with E-state index in [2.05, 4.69) is 10.3 Å². The van der Waals surface area contributed by atoms with E-state index in [0.717, 1.165) is 18.2 Å². The number of amides is 1. The van der Waals surface area contributed by atoms with E-state index in [9.17, 15) is 18.0 Å². The summed E-state index contributed by atoms with van der Waals surface area (Å²) in [6, 6.07) is 2.79. The Morgan fingerprint density at radius 3 is 2.70 bits per heavy atom. The van der Waals surface area contributed by atoms with Gasteiger partial charge in [0, 0.05) is 19.4 Å². The molecule has 0 fully saturated rings. The summed E-state index contributed by atoms with van der Waals surface area (Å²) in [6.07, 6.45) is -1.18. The van der Waals surface area contributed by atoms with Crippen molar-refractivity contribution in [2.45, 2.75) is 23.5 Å². The first-order chi connectivity index (χ1) is 10.7. The number of nitrogens with one attached hydrogen (secondary N) is 1. The normalized spacial score (nSPS) is 13.0. The Morgan fingerprint density at radius 1 is 1.43 bits per heavy atom. The number of halogens is 4. The second-order valence-electron chi connectivity index (χ2n) is 4.76. The number of nitrogens with zero attached hydrogens (tertiary/aromatic N) is 2. The Balaban J connectivity index is 2.12. The van der Waals surface area contributed by atoms with Gasteiger partial charge < -0.3 is 9.88 Å². The minimum atomic E-state index is -4.50. The van der Waals surface area contributed by atoms with Crippen molar-refractivity contribution >= 4 is 35.0 Å². The molecule has 1 N–H and O–H groups in total. The summed E-state index contributed by atoms with van der Waals surface area (Å²) in [5, 5.41) is 2.54. The van der Waals surface area contributed by atoms with Gasteiger partial charge in [0.1, 0.15) is 0 Å². The van der Waals surface area contributed by atoms with Crippen LogP contribution in [0.25, 0.3) is 0 Å². The highest BCUT2D eigenvalue weighted by Gasteiger charge is 2.31. The Kier molecular flexibility index (Phi) is 5.26. The van der Waals surface area contributed by atoms with Crippen molar-refractivity contribution in [3.63, 3.8) is 0 Å². The largest absolute Gasteiger partial charge is 0.416 e. The first-order valence-electron chi connectivity index (χ1n) is 6.50. The zero-order valence-corrected chi connectivity index (χ0v) is 13.8. The van der Waals surface area contributed by atoms with Gasteiger partial charge in [-0.25, -0.2) is 4.98 Å². The number of anilines is 1. The number of carbonyl (C=O) groups excluding carboxylic acids is 1. The van der Waals surface area contributed by atoms with Gasteiger partial charge in [-0.3, -0.25) is 4.79 Å². The molecule has 124 valence electrons. The van der Waals surface area contributed by atoms with E-state index >= 15 is 0 Å². The molecule has 0 aliphatic rings. The van der Waals surface area contributed by atoms with E-state index < -0.39 is 22.9 Å². The van der Waals surface area contributed by atoms with Crippen molar-refractivity contribution in [1.29, 1.82) is 0 Å². The minimum absolute atomic E-state index is 0.0422. The number of carbonyl (C=O) groups is 1. The van der Waals surface area contributed by atoms with Crippen LogP contribution >= 0.6 is 23.4 Å². The summed E-state index contributed by atoms with van der Waals surface area (Å²) in [5.74, 6) is -0.459. The molecule has 4 nitrogen and oxygen atoms in total. The highest BCUT2D eigenvalue weighted by molar-refractivity contribution is 8.00. The van der Waals surface area contributed by atoms with Gasteiger partial charge >= 0.3 is 6.18 Å². The molecule has 2 aromatic rings. The van der Waals surface area contributed by atoms with Crippen molar-refractivity contribution < 1.29 is 18.0 Å². The van der Waals surface area contributed by atoms with Crippen LogP contribution in [0.15, 0.2) is 35.7 Å². The van der Waals surface area contributed by atoms with Crippen LogP contribution in [-0.2, 0) is 18.0 Å². The average Bonchev–Trinajstić information content (AvgIpc) is 2.85. The van der Waals surface area contributed by atoms with E-state index in [1.54, 1.807) is 30.9 Å². The summed E-state index contributed by atoms with van der Waals surface area (Å²) < 4.78 is 39.9. The number of alkyl halides is 3. The summed E-state index contributed by atoms with van der Waals surface area (Å²) in [5.41, 5.74) is -0.944. The molecule has 0 radical (unpaired) electrons. The third-order valence-corrected chi connectivity index (χ3v) is 4.48. The number of thioether (sulfide) groups is 1. The van der Waals surface area contributed by atoms with Crippen LogP contribution in [0, 0.1) is 0 Å². The Hall–Kier alpha value is -1.67. The zero-order valence-electron chi connectivity index (χ0n) is 12.2. The number of benzene rings is 1. The summed E-state index contributed by atoms with van der Waals surface area (Å²) in [6.45, 7) is 1.64. The summed E-state index contributed by atoms with van der Waals surface area (Å²) >= 11 is 7.05. The lowest BCUT2D eigenvalue weighted by Gasteiger charge is -2.14. The molecule has 0 aliphatic carbocycles. The Labute approximate surface area is 140 Å². The Bertz CT molecular complexity index is 718. The lowest BCUT2D eigenvalue weighted by molar-refractivity contribution is -0.137. The predicted octanol–water partition coefficient (Wildman–Crippen LogP) is 4.21. The molecule has 1 aromatic carbocycles. The molecule has 1 amide bonds. The van der Waals surface area contributed by atoms with Gasteiger partial charge in [0.2, 0.25) is 5.91 Å². The van der Waals surface area contributed by atoms with E-state index in [4.69, 9.17) is 11.6 Å². The van der Waals surface area contributed by atoms with Gasteiger partial charge in [0.05, 0.1) is 21.5 Å². The molecule has 0 aliphatic heterocycles. The number of aromatic nitrogens is 2. The molecule has 0 unspecified atom stereocenters. The number of rotatable bonds is 4. The second kappa shape index (κ2) is 6.84. The third kappa shape index (κ3) is 4.42. The molecule has 2 rings (SSSR count). The van der Waals surface area contributed by atoms with Crippen molar-refractivity contribution in [3.8, 4) is 0 Å². The van der Waals surface area contributed by atoms with Crippen LogP contribution in [0.4, 0.5) is 18.9 Å². The minimum Gasteiger partial charge on any atom is -0.329 e. The molecule has 23 heavy (non-hydrogen) atoms. The van der Waals surface area contributed by atoms with Gasteiger partial charge in [0.15, 0.2) is 5.16 Å². The lowest BCUT2D eigenvalue weighted by Crippen LogP contribution is -2.23. The van der Waals surface area contributed by atoms with Gasteiger partial charge in [-0.15, -0.1) is 0 Å². The van der Waals surface area contributed by atoms with Gasteiger partial charge in [0.25, 0.3) is 0 Å². The maximum absolute atomic E-state index is 12.7.